The van der Waals surface area contributed by atoms with E-state index in [0.29, 0.717) is 16.0 Å². The van der Waals surface area contributed by atoms with Crippen molar-refractivity contribution in [1.82, 2.24) is 4.90 Å². The van der Waals surface area contributed by atoms with Gasteiger partial charge in [-0.15, -0.1) is 0 Å². The van der Waals surface area contributed by atoms with Gasteiger partial charge in [-0.1, -0.05) is 13.8 Å². The molecule has 0 spiro atoms. The number of benzene rings is 1. The zero-order valence-corrected chi connectivity index (χ0v) is 12.1. The normalized spacial score (nSPS) is 12.6. The fourth-order valence-electron chi connectivity index (χ4n) is 1.46. The van der Waals surface area contributed by atoms with E-state index in [-0.39, 0.29) is 11.9 Å². The maximum atomic E-state index is 13.3. The van der Waals surface area contributed by atoms with E-state index in [2.05, 4.69) is 29.8 Å². The van der Waals surface area contributed by atoms with Gasteiger partial charge in [0.05, 0.1) is 4.47 Å². The van der Waals surface area contributed by atoms with Crippen LogP contribution in [0.25, 0.3) is 0 Å². The van der Waals surface area contributed by atoms with Crippen LogP contribution in [-0.4, -0.2) is 23.9 Å². The van der Waals surface area contributed by atoms with Gasteiger partial charge in [0.15, 0.2) is 0 Å². The summed E-state index contributed by atoms with van der Waals surface area (Å²) in [6, 6.07) is 4.56. The molecular weight excluding hydrogens is 285 g/mol. The molecule has 0 fully saturated rings. The molecule has 1 unspecified atom stereocenters. The van der Waals surface area contributed by atoms with Crippen molar-refractivity contribution in [2.45, 2.75) is 26.8 Å². The van der Waals surface area contributed by atoms with E-state index in [1.165, 1.54) is 6.07 Å². The Labute approximate surface area is 110 Å². The van der Waals surface area contributed by atoms with E-state index in [1.54, 1.807) is 24.1 Å². The number of halogens is 2. The largest absolute Gasteiger partial charge is 0.339 e. The minimum absolute atomic E-state index is 0.120. The molecule has 1 aromatic rings. The zero-order chi connectivity index (χ0) is 13.2. The van der Waals surface area contributed by atoms with Crippen LogP contribution in [-0.2, 0) is 0 Å². The highest BCUT2D eigenvalue weighted by Gasteiger charge is 2.20. The monoisotopic (exact) mass is 301 g/mol. The van der Waals surface area contributed by atoms with Crippen LogP contribution in [0.2, 0.25) is 0 Å². The Balaban J connectivity index is 2.92. The van der Waals surface area contributed by atoms with Crippen LogP contribution in [0.3, 0.4) is 0 Å². The van der Waals surface area contributed by atoms with Crippen molar-refractivity contribution in [2.24, 2.45) is 5.92 Å². The van der Waals surface area contributed by atoms with Gasteiger partial charge in [-0.05, 0) is 47.0 Å². The number of nitrogens with zero attached hydrogens (tertiary/aromatic N) is 1. The Bertz CT molecular complexity index is 420. The molecule has 1 aromatic carbocycles. The first-order chi connectivity index (χ1) is 7.84. The molecule has 1 atom stereocenters. The lowest BCUT2D eigenvalue weighted by Gasteiger charge is -2.28. The van der Waals surface area contributed by atoms with Crippen LogP contribution in [0.1, 0.15) is 31.1 Å². The Morgan fingerprint density at radius 2 is 1.94 bits per heavy atom. The average molecular weight is 302 g/mol. The fraction of sp³-hybridized carbons (Fsp3) is 0.462. The van der Waals surface area contributed by atoms with Gasteiger partial charge in [0.25, 0.3) is 5.91 Å². The molecule has 4 heteroatoms. The molecule has 1 amide bonds. The second-order valence-electron chi connectivity index (χ2n) is 4.53. The van der Waals surface area contributed by atoms with Crippen molar-refractivity contribution in [1.29, 1.82) is 0 Å². The van der Waals surface area contributed by atoms with Crippen molar-refractivity contribution in [3.63, 3.8) is 0 Å². The Morgan fingerprint density at radius 3 is 2.41 bits per heavy atom. The molecular formula is C13H17BrFNO. The quantitative estimate of drug-likeness (QED) is 0.833. The molecule has 0 aliphatic carbocycles. The highest BCUT2D eigenvalue weighted by molar-refractivity contribution is 9.10. The molecule has 0 aliphatic rings. The number of carbonyl (C=O) groups excluding carboxylic acids is 1. The van der Waals surface area contributed by atoms with Crippen LogP contribution in [0.15, 0.2) is 22.7 Å². The molecule has 0 bridgehead atoms. The minimum Gasteiger partial charge on any atom is -0.339 e. The lowest BCUT2D eigenvalue weighted by atomic mass is 10.0. The number of hydrogen-bond acceptors (Lipinski definition) is 1. The predicted molar refractivity (Wildman–Crippen MR) is 70.5 cm³/mol. The summed E-state index contributed by atoms with van der Waals surface area (Å²) in [5.74, 6) is -0.205. The van der Waals surface area contributed by atoms with Gasteiger partial charge in [-0.2, -0.15) is 0 Å². The van der Waals surface area contributed by atoms with Crippen LogP contribution in [0.5, 0.6) is 0 Å². The number of rotatable bonds is 3. The highest BCUT2D eigenvalue weighted by atomic mass is 79.9. The van der Waals surface area contributed by atoms with E-state index in [0.717, 1.165) is 0 Å². The Kier molecular flexibility index (Phi) is 4.69. The van der Waals surface area contributed by atoms with Gasteiger partial charge >= 0.3 is 0 Å². The molecule has 17 heavy (non-hydrogen) atoms. The molecule has 0 radical (unpaired) electrons. The average Bonchev–Trinajstić information content (AvgIpc) is 2.29. The van der Waals surface area contributed by atoms with Crippen molar-refractivity contribution in [3.8, 4) is 0 Å². The molecule has 0 aromatic heterocycles. The lowest BCUT2D eigenvalue weighted by Crippen LogP contribution is -2.38. The first-order valence-corrected chi connectivity index (χ1v) is 6.36. The smallest absolute Gasteiger partial charge is 0.253 e. The molecule has 2 nitrogen and oxygen atoms in total. The van der Waals surface area contributed by atoms with Crippen molar-refractivity contribution < 1.29 is 9.18 Å². The highest BCUT2D eigenvalue weighted by Crippen LogP contribution is 2.18. The minimum atomic E-state index is -0.415. The van der Waals surface area contributed by atoms with Gasteiger partial charge in [0, 0.05) is 18.7 Å². The lowest BCUT2D eigenvalue weighted by molar-refractivity contribution is 0.0706. The zero-order valence-electron chi connectivity index (χ0n) is 10.5. The SMILES string of the molecule is CC(C)C(C)N(C)C(=O)c1ccc(Br)c(F)c1. The van der Waals surface area contributed by atoms with E-state index >= 15 is 0 Å². The van der Waals surface area contributed by atoms with E-state index < -0.39 is 5.82 Å². The van der Waals surface area contributed by atoms with Crippen LogP contribution >= 0.6 is 15.9 Å². The second-order valence-corrected chi connectivity index (χ2v) is 5.38. The Morgan fingerprint density at radius 1 is 1.35 bits per heavy atom. The number of amides is 1. The van der Waals surface area contributed by atoms with Gasteiger partial charge in [0.2, 0.25) is 0 Å². The molecule has 0 saturated carbocycles. The molecule has 0 saturated heterocycles. The van der Waals surface area contributed by atoms with Crippen molar-refractivity contribution in [2.75, 3.05) is 7.05 Å². The van der Waals surface area contributed by atoms with Crippen molar-refractivity contribution in [3.05, 3.63) is 34.1 Å². The summed E-state index contributed by atoms with van der Waals surface area (Å²) in [6.45, 7) is 6.09. The summed E-state index contributed by atoms with van der Waals surface area (Å²) < 4.78 is 13.7. The molecule has 0 heterocycles. The summed E-state index contributed by atoms with van der Waals surface area (Å²) in [5, 5.41) is 0. The summed E-state index contributed by atoms with van der Waals surface area (Å²) in [6.07, 6.45) is 0. The topological polar surface area (TPSA) is 20.3 Å². The predicted octanol–water partition coefficient (Wildman–Crippen LogP) is 3.70. The summed E-state index contributed by atoms with van der Waals surface area (Å²) in [5.41, 5.74) is 0.376. The second kappa shape index (κ2) is 5.63. The Hall–Kier alpha value is -0.900. The standard InChI is InChI=1S/C13H17BrFNO/c1-8(2)9(3)16(4)13(17)10-5-6-11(14)12(15)7-10/h5-9H,1-4H3. The third-order valence-electron chi connectivity index (χ3n) is 3.06. The van der Waals surface area contributed by atoms with Gasteiger partial charge < -0.3 is 4.90 Å². The third kappa shape index (κ3) is 3.28. The van der Waals surface area contributed by atoms with E-state index in [9.17, 15) is 9.18 Å². The summed E-state index contributed by atoms with van der Waals surface area (Å²) in [7, 11) is 1.74. The van der Waals surface area contributed by atoms with Crippen LogP contribution in [0, 0.1) is 11.7 Å². The molecule has 1 rings (SSSR count). The first-order valence-electron chi connectivity index (χ1n) is 5.56. The number of hydrogen-bond donors (Lipinski definition) is 0. The van der Waals surface area contributed by atoms with Crippen molar-refractivity contribution >= 4 is 21.8 Å². The third-order valence-corrected chi connectivity index (χ3v) is 3.71. The maximum absolute atomic E-state index is 13.3. The van der Waals surface area contributed by atoms with Crippen LogP contribution < -0.4 is 0 Å². The summed E-state index contributed by atoms with van der Waals surface area (Å²) >= 11 is 3.07. The number of carbonyl (C=O) groups is 1. The first kappa shape index (κ1) is 14.2. The van der Waals surface area contributed by atoms with Gasteiger partial charge in [0.1, 0.15) is 5.82 Å². The molecule has 0 aliphatic heterocycles. The molecule has 94 valence electrons. The summed E-state index contributed by atoms with van der Waals surface area (Å²) in [4.78, 5) is 13.7. The van der Waals surface area contributed by atoms with Crippen LogP contribution in [0.4, 0.5) is 4.39 Å². The van der Waals surface area contributed by atoms with Gasteiger partial charge in [-0.3, -0.25) is 4.79 Å². The van der Waals surface area contributed by atoms with E-state index in [4.69, 9.17) is 0 Å². The maximum Gasteiger partial charge on any atom is 0.253 e. The fourth-order valence-corrected chi connectivity index (χ4v) is 1.71. The van der Waals surface area contributed by atoms with E-state index in [1.807, 2.05) is 6.92 Å². The molecule has 0 N–H and O–H groups in total. The van der Waals surface area contributed by atoms with Gasteiger partial charge in [-0.25, -0.2) is 4.39 Å².